The van der Waals surface area contributed by atoms with Crippen LogP contribution in [-0.4, -0.2) is 68.2 Å². The fourth-order valence-corrected chi connectivity index (χ4v) is 6.15. The number of carbonyl (C=O) groups excluding carboxylic acids is 1. The van der Waals surface area contributed by atoms with Crippen molar-refractivity contribution in [1.82, 2.24) is 18.8 Å². The number of nitrogens with one attached hydrogen (secondary N) is 1. The van der Waals surface area contributed by atoms with Gasteiger partial charge >= 0.3 is 6.01 Å². The molecule has 0 aliphatic carbocycles. The van der Waals surface area contributed by atoms with Crippen molar-refractivity contribution in [2.75, 3.05) is 26.0 Å². The molecule has 35 heavy (non-hydrogen) atoms. The molecular weight excluding hydrogens is 501 g/mol. The predicted octanol–water partition coefficient (Wildman–Crippen LogP) is 1.92. The van der Waals surface area contributed by atoms with Gasteiger partial charge in [0.15, 0.2) is 0 Å². The fourth-order valence-electron chi connectivity index (χ4n) is 3.59. The molecule has 1 fully saturated rings. The molecule has 1 aromatic heterocycles. The van der Waals surface area contributed by atoms with E-state index in [9.17, 15) is 26.0 Å². The Bertz CT molecular complexity index is 1440. The highest BCUT2D eigenvalue weighted by Gasteiger charge is 2.40. The zero-order valence-electron chi connectivity index (χ0n) is 18.8. The van der Waals surface area contributed by atoms with Gasteiger partial charge in [0.05, 0.1) is 9.79 Å². The van der Waals surface area contributed by atoms with Gasteiger partial charge < -0.3 is 4.42 Å². The van der Waals surface area contributed by atoms with Gasteiger partial charge in [-0.15, -0.1) is 5.10 Å². The molecule has 0 saturated carbocycles. The molecular formula is C21H22FN5O6S2. The molecule has 186 valence electrons. The third-order valence-corrected chi connectivity index (χ3v) is 9.21. The van der Waals surface area contributed by atoms with Gasteiger partial charge in [-0.1, -0.05) is 5.10 Å². The van der Waals surface area contributed by atoms with E-state index >= 15 is 0 Å². The Morgan fingerprint density at radius 1 is 1.03 bits per heavy atom. The summed E-state index contributed by atoms with van der Waals surface area (Å²) >= 11 is 0. The van der Waals surface area contributed by atoms with Crippen LogP contribution in [0.3, 0.4) is 0 Å². The molecule has 1 aliphatic heterocycles. The minimum atomic E-state index is -4.02. The van der Waals surface area contributed by atoms with Crippen molar-refractivity contribution in [3.8, 4) is 11.5 Å². The third-order valence-electron chi connectivity index (χ3n) is 5.46. The molecule has 14 heteroatoms. The Morgan fingerprint density at radius 3 is 2.29 bits per heavy atom. The Morgan fingerprint density at radius 2 is 1.66 bits per heavy atom. The van der Waals surface area contributed by atoms with E-state index in [-0.39, 0.29) is 34.7 Å². The monoisotopic (exact) mass is 523 g/mol. The summed E-state index contributed by atoms with van der Waals surface area (Å²) in [5.41, 5.74) is 0.428. The van der Waals surface area contributed by atoms with Gasteiger partial charge in [0, 0.05) is 26.2 Å². The number of anilines is 1. The highest BCUT2D eigenvalue weighted by molar-refractivity contribution is 7.89. The van der Waals surface area contributed by atoms with Crippen molar-refractivity contribution in [2.24, 2.45) is 0 Å². The van der Waals surface area contributed by atoms with Crippen LogP contribution in [-0.2, 0) is 24.8 Å². The predicted molar refractivity (Wildman–Crippen MR) is 123 cm³/mol. The maximum Gasteiger partial charge on any atom is 0.322 e. The first-order valence-corrected chi connectivity index (χ1v) is 13.3. The van der Waals surface area contributed by atoms with Crippen LogP contribution in [0.2, 0.25) is 0 Å². The van der Waals surface area contributed by atoms with Crippen molar-refractivity contribution < 1.29 is 30.4 Å². The average Bonchev–Trinajstić information content (AvgIpc) is 3.50. The number of halogens is 1. The lowest BCUT2D eigenvalue weighted by Crippen LogP contribution is -2.43. The second-order valence-electron chi connectivity index (χ2n) is 7.94. The number of aromatic nitrogens is 2. The summed E-state index contributed by atoms with van der Waals surface area (Å²) in [5, 5.41) is 10.1. The molecule has 4 rings (SSSR count). The zero-order chi connectivity index (χ0) is 25.4. The topological polar surface area (TPSA) is 143 Å². The van der Waals surface area contributed by atoms with Crippen molar-refractivity contribution in [2.45, 2.75) is 28.7 Å². The number of carbonyl (C=O) groups is 1. The van der Waals surface area contributed by atoms with E-state index < -0.39 is 37.8 Å². The first kappa shape index (κ1) is 24.9. The minimum Gasteiger partial charge on any atom is -0.403 e. The number of rotatable bonds is 7. The Hall–Kier alpha value is -3.20. The van der Waals surface area contributed by atoms with Crippen LogP contribution in [0.5, 0.6) is 0 Å². The molecule has 2 heterocycles. The van der Waals surface area contributed by atoms with E-state index in [0.29, 0.717) is 12.0 Å². The molecule has 1 atom stereocenters. The largest absolute Gasteiger partial charge is 0.403 e. The highest BCUT2D eigenvalue weighted by atomic mass is 32.2. The van der Waals surface area contributed by atoms with Crippen LogP contribution in [0.25, 0.3) is 11.5 Å². The Kier molecular flexibility index (Phi) is 6.73. The Labute approximate surface area is 201 Å². The van der Waals surface area contributed by atoms with Crippen LogP contribution < -0.4 is 5.32 Å². The smallest absolute Gasteiger partial charge is 0.322 e. The van der Waals surface area contributed by atoms with Crippen LogP contribution in [0.15, 0.2) is 62.7 Å². The van der Waals surface area contributed by atoms with Crippen molar-refractivity contribution in [3.05, 3.63) is 54.3 Å². The van der Waals surface area contributed by atoms with Crippen molar-refractivity contribution in [1.29, 1.82) is 0 Å². The Balaban J connectivity index is 1.48. The van der Waals surface area contributed by atoms with Crippen molar-refractivity contribution in [3.63, 3.8) is 0 Å². The summed E-state index contributed by atoms with van der Waals surface area (Å²) < 4.78 is 71.2. The molecule has 0 radical (unpaired) electrons. The maximum absolute atomic E-state index is 13.2. The lowest BCUT2D eigenvalue weighted by atomic mass is 10.2. The highest BCUT2D eigenvalue weighted by Crippen LogP contribution is 2.28. The van der Waals surface area contributed by atoms with Crippen LogP contribution in [0.4, 0.5) is 10.4 Å². The van der Waals surface area contributed by atoms with Crippen LogP contribution >= 0.6 is 0 Å². The van der Waals surface area contributed by atoms with Crippen LogP contribution in [0, 0.1) is 5.82 Å². The van der Waals surface area contributed by atoms with Gasteiger partial charge in [0.2, 0.25) is 31.8 Å². The molecule has 1 amide bonds. The van der Waals surface area contributed by atoms with E-state index in [1.54, 1.807) is 0 Å². The summed E-state index contributed by atoms with van der Waals surface area (Å²) in [7, 11) is -4.77. The lowest BCUT2D eigenvalue weighted by Gasteiger charge is -2.22. The molecule has 0 spiro atoms. The second kappa shape index (κ2) is 9.45. The number of benzene rings is 2. The fraction of sp³-hybridized carbons (Fsp3) is 0.286. The second-order valence-corrected chi connectivity index (χ2v) is 12.0. The molecule has 0 bridgehead atoms. The molecule has 1 saturated heterocycles. The lowest BCUT2D eigenvalue weighted by molar-refractivity contribution is -0.119. The van der Waals surface area contributed by atoms with Gasteiger partial charge in [-0.2, -0.15) is 4.31 Å². The summed E-state index contributed by atoms with van der Waals surface area (Å²) in [5.74, 6) is -1.17. The zero-order valence-corrected chi connectivity index (χ0v) is 20.4. The summed E-state index contributed by atoms with van der Waals surface area (Å²) in [6.07, 6.45) is 0.755. The normalized spacial score (nSPS) is 17.1. The van der Waals surface area contributed by atoms with Gasteiger partial charge in [-0.05, 0) is 61.4 Å². The number of sulfonamides is 2. The molecule has 11 nitrogen and oxygen atoms in total. The first-order chi connectivity index (χ1) is 16.5. The summed E-state index contributed by atoms with van der Waals surface area (Å²) in [6.45, 7) is 0.134. The van der Waals surface area contributed by atoms with Gasteiger partial charge in [-0.25, -0.2) is 25.5 Å². The quantitative estimate of drug-likeness (QED) is 0.495. The summed E-state index contributed by atoms with van der Waals surface area (Å²) in [6, 6.07) is 8.91. The van der Waals surface area contributed by atoms with Gasteiger partial charge in [-0.3, -0.25) is 10.1 Å². The minimum absolute atomic E-state index is 0.0383. The van der Waals surface area contributed by atoms with Gasteiger partial charge in [0.1, 0.15) is 11.9 Å². The van der Waals surface area contributed by atoms with Crippen LogP contribution in [0.1, 0.15) is 12.8 Å². The van der Waals surface area contributed by atoms with Crippen molar-refractivity contribution >= 4 is 32.0 Å². The molecule has 3 aromatic rings. The summed E-state index contributed by atoms with van der Waals surface area (Å²) in [4.78, 5) is 12.8. The molecule has 1 aliphatic rings. The van der Waals surface area contributed by atoms with E-state index in [4.69, 9.17) is 4.42 Å². The number of hydrogen-bond donors (Lipinski definition) is 1. The average molecular weight is 524 g/mol. The van der Waals surface area contributed by atoms with E-state index in [0.717, 1.165) is 32.9 Å². The maximum atomic E-state index is 13.2. The van der Waals surface area contributed by atoms with E-state index in [1.807, 2.05) is 0 Å². The molecule has 1 N–H and O–H groups in total. The number of hydrogen-bond acceptors (Lipinski definition) is 8. The molecule has 2 aromatic carbocycles. The SMILES string of the molecule is CN(C)S(=O)(=O)c1ccc(-c2nnc(NC(=O)C3CCCN3S(=O)(=O)c3ccc(F)cc3)o2)cc1. The number of amides is 1. The van der Waals surface area contributed by atoms with E-state index in [2.05, 4.69) is 15.5 Å². The first-order valence-electron chi connectivity index (χ1n) is 10.4. The standard InChI is InChI=1S/C21H22FN5O6S2/c1-26(2)34(29,30)16-9-5-14(6-10-16)20-24-25-21(33-20)23-19(28)18-4-3-13-27(18)35(31,32)17-11-7-15(22)8-12-17/h5-12,18H,3-4,13H2,1-2H3,(H,23,25,28). The van der Waals surface area contributed by atoms with E-state index in [1.165, 1.54) is 38.4 Å². The third kappa shape index (κ3) is 4.96. The number of nitrogens with zero attached hydrogens (tertiary/aromatic N) is 4. The molecule has 1 unspecified atom stereocenters. The van der Waals surface area contributed by atoms with Gasteiger partial charge in [0.25, 0.3) is 0 Å².